The predicted octanol–water partition coefficient (Wildman–Crippen LogP) is 3.65. The van der Waals surface area contributed by atoms with E-state index in [0.29, 0.717) is 23.0 Å². The van der Waals surface area contributed by atoms with Gasteiger partial charge in [-0.3, -0.25) is 4.79 Å². The molecule has 118 valence electrons. The Balaban J connectivity index is 2.62. The first-order chi connectivity index (χ1) is 10.2. The highest BCUT2D eigenvalue weighted by molar-refractivity contribution is 5.94. The highest BCUT2D eigenvalue weighted by atomic mass is 16.5. The second-order valence-corrected chi connectivity index (χ2v) is 5.20. The Bertz CT molecular complexity index is 446. The number of methoxy groups -OCH3 is 2. The molecule has 0 bridgehead atoms. The highest BCUT2D eigenvalue weighted by Gasteiger charge is 2.12. The van der Waals surface area contributed by atoms with Crippen molar-refractivity contribution in [3.63, 3.8) is 0 Å². The molecule has 1 aromatic carbocycles. The Labute approximate surface area is 127 Å². The van der Waals surface area contributed by atoms with Crippen molar-refractivity contribution in [2.75, 3.05) is 20.8 Å². The Morgan fingerprint density at radius 3 is 2.48 bits per heavy atom. The van der Waals surface area contributed by atoms with E-state index in [-0.39, 0.29) is 5.91 Å². The van der Waals surface area contributed by atoms with Crippen LogP contribution < -0.4 is 14.8 Å². The lowest BCUT2D eigenvalue weighted by molar-refractivity contribution is 0.0945. The first-order valence-electron chi connectivity index (χ1n) is 7.66. The number of hydrogen-bond donors (Lipinski definition) is 1. The van der Waals surface area contributed by atoms with Crippen molar-refractivity contribution >= 4 is 5.91 Å². The molecule has 0 heterocycles. The SMILES string of the molecule is CCCC[C@@H](CC)CNC(=O)c1ccc(OC)c(OC)c1. The summed E-state index contributed by atoms with van der Waals surface area (Å²) in [5, 5.41) is 3.01. The number of amides is 1. The third kappa shape index (κ3) is 5.29. The standard InChI is InChI=1S/C17H27NO3/c1-5-7-8-13(6-2)12-18-17(19)14-9-10-15(20-3)16(11-14)21-4/h9-11,13H,5-8,12H2,1-4H3,(H,18,19)/t13-/m1/s1. The Morgan fingerprint density at radius 1 is 1.19 bits per heavy atom. The highest BCUT2D eigenvalue weighted by Crippen LogP contribution is 2.27. The van der Waals surface area contributed by atoms with Crippen LogP contribution in [0, 0.1) is 5.92 Å². The summed E-state index contributed by atoms with van der Waals surface area (Å²) in [4.78, 5) is 12.2. The second-order valence-electron chi connectivity index (χ2n) is 5.20. The van der Waals surface area contributed by atoms with E-state index >= 15 is 0 Å². The summed E-state index contributed by atoms with van der Waals surface area (Å²) in [6.45, 7) is 5.08. The number of rotatable bonds is 9. The molecule has 0 saturated carbocycles. The molecule has 0 saturated heterocycles. The van der Waals surface area contributed by atoms with Crippen molar-refractivity contribution in [2.24, 2.45) is 5.92 Å². The molecule has 1 rings (SSSR count). The summed E-state index contributed by atoms with van der Waals surface area (Å²) in [6.07, 6.45) is 4.66. The molecule has 1 aromatic rings. The van der Waals surface area contributed by atoms with Crippen molar-refractivity contribution in [3.05, 3.63) is 23.8 Å². The number of nitrogens with one attached hydrogen (secondary N) is 1. The fraction of sp³-hybridized carbons (Fsp3) is 0.588. The third-order valence-corrected chi connectivity index (χ3v) is 3.74. The van der Waals surface area contributed by atoms with Gasteiger partial charge in [0.25, 0.3) is 5.91 Å². The monoisotopic (exact) mass is 293 g/mol. The lowest BCUT2D eigenvalue weighted by Gasteiger charge is -2.15. The van der Waals surface area contributed by atoms with Crippen molar-refractivity contribution in [3.8, 4) is 11.5 Å². The maximum absolute atomic E-state index is 12.2. The largest absolute Gasteiger partial charge is 0.493 e. The first-order valence-corrected chi connectivity index (χ1v) is 7.66. The van der Waals surface area contributed by atoms with Gasteiger partial charge >= 0.3 is 0 Å². The smallest absolute Gasteiger partial charge is 0.251 e. The van der Waals surface area contributed by atoms with Gasteiger partial charge in [-0.1, -0.05) is 33.1 Å². The molecule has 0 aliphatic rings. The molecule has 0 aliphatic carbocycles. The van der Waals surface area contributed by atoms with Crippen molar-refractivity contribution < 1.29 is 14.3 Å². The summed E-state index contributed by atoms with van der Waals surface area (Å²) < 4.78 is 10.4. The van der Waals surface area contributed by atoms with E-state index in [2.05, 4.69) is 19.2 Å². The summed E-state index contributed by atoms with van der Waals surface area (Å²) in [5.74, 6) is 1.69. The van der Waals surface area contributed by atoms with Gasteiger partial charge in [0.15, 0.2) is 11.5 Å². The van der Waals surface area contributed by atoms with Gasteiger partial charge in [-0.25, -0.2) is 0 Å². The van der Waals surface area contributed by atoms with E-state index < -0.39 is 0 Å². The summed E-state index contributed by atoms with van der Waals surface area (Å²) in [7, 11) is 3.15. The van der Waals surface area contributed by atoms with Crippen LogP contribution in [0.4, 0.5) is 0 Å². The quantitative estimate of drug-likeness (QED) is 0.756. The average molecular weight is 293 g/mol. The number of hydrogen-bond acceptors (Lipinski definition) is 3. The Hall–Kier alpha value is -1.71. The molecule has 1 atom stereocenters. The molecule has 4 nitrogen and oxygen atoms in total. The van der Waals surface area contributed by atoms with Crippen LogP contribution in [0.2, 0.25) is 0 Å². The van der Waals surface area contributed by atoms with Crippen LogP contribution in [0.1, 0.15) is 49.9 Å². The first kappa shape index (κ1) is 17.3. The third-order valence-electron chi connectivity index (χ3n) is 3.74. The normalized spacial score (nSPS) is 11.8. The number of ether oxygens (including phenoxy) is 2. The molecular formula is C17H27NO3. The van der Waals surface area contributed by atoms with Crippen molar-refractivity contribution in [1.82, 2.24) is 5.32 Å². The van der Waals surface area contributed by atoms with E-state index in [1.807, 2.05) is 0 Å². The van der Waals surface area contributed by atoms with E-state index in [1.165, 1.54) is 19.3 Å². The Morgan fingerprint density at radius 2 is 1.90 bits per heavy atom. The Kier molecular flexibility index (Phi) is 7.65. The van der Waals surface area contributed by atoms with Gasteiger partial charge in [0, 0.05) is 12.1 Å². The lowest BCUT2D eigenvalue weighted by Crippen LogP contribution is -2.29. The molecular weight excluding hydrogens is 266 g/mol. The van der Waals surface area contributed by atoms with Gasteiger partial charge in [0.1, 0.15) is 0 Å². The fourth-order valence-electron chi connectivity index (χ4n) is 2.26. The second kappa shape index (κ2) is 9.27. The van der Waals surface area contributed by atoms with Gasteiger partial charge in [-0.15, -0.1) is 0 Å². The zero-order valence-corrected chi connectivity index (χ0v) is 13.6. The van der Waals surface area contributed by atoms with Crippen LogP contribution in [-0.2, 0) is 0 Å². The zero-order valence-electron chi connectivity index (χ0n) is 13.6. The molecule has 1 N–H and O–H groups in total. The van der Waals surface area contributed by atoms with Crippen molar-refractivity contribution in [2.45, 2.75) is 39.5 Å². The summed E-state index contributed by atoms with van der Waals surface area (Å²) in [5.41, 5.74) is 0.595. The lowest BCUT2D eigenvalue weighted by atomic mass is 9.99. The van der Waals surface area contributed by atoms with Crippen LogP contribution >= 0.6 is 0 Å². The van der Waals surface area contributed by atoms with Gasteiger partial charge in [0.2, 0.25) is 0 Å². The van der Waals surface area contributed by atoms with Crippen LogP contribution in [0.3, 0.4) is 0 Å². The van der Waals surface area contributed by atoms with Crippen LogP contribution in [0.5, 0.6) is 11.5 Å². The number of carbonyl (C=O) groups excluding carboxylic acids is 1. The molecule has 0 aliphatic heterocycles. The molecule has 0 spiro atoms. The van der Waals surface area contributed by atoms with Gasteiger partial charge in [-0.05, 0) is 30.5 Å². The van der Waals surface area contributed by atoms with Gasteiger partial charge < -0.3 is 14.8 Å². The molecule has 0 radical (unpaired) electrons. The summed E-state index contributed by atoms with van der Waals surface area (Å²) >= 11 is 0. The van der Waals surface area contributed by atoms with E-state index in [1.54, 1.807) is 32.4 Å². The average Bonchev–Trinajstić information content (AvgIpc) is 2.54. The number of carbonyl (C=O) groups is 1. The van der Waals surface area contributed by atoms with E-state index in [0.717, 1.165) is 13.0 Å². The van der Waals surface area contributed by atoms with Crippen LogP contribution in [0.15, 0.2) is 18.2 Å². The minimum atomic E-state index is -0.0640. The summed E-state index contributed by atoms with van der Waals surface area (Å²) in [6, 6.07) is 5.22. The minimum Gasteiger partial charge on any atom is -0.493 e. The van der Waals surface area contributed by atoms with Gasteiger partial charge in [0.05, 0.1) is 14.2 Å². The zero-order chi connectivity index (χ0) is 15.7. The molecule has 21 heavy (non-hydrogen) atoms. The van der Waals surface area contributed by atoms with E-state index in [9.17, 15) is 4.79 Å². The maximum Gasteiger partial charge on any atom is 0.251 e. The molecule has 0 unspecified atom stereocenters. The fourth-order valence-corrected chi connectivity index (χ4v) is 2.26. The molecule has 0 fully saturated rings. The van der Waals surface area contributed by atoms with Crippen LogP contribution in [-0.4, -0.2) is 26.7 Å². The minimum absolute atomic E-state index is 0.0640. The predicted molar refractivity (Wildman–Crippen MR) is 85.2 cm³/mol. The molecule has 4 heteroatoms. The molecule has 1 amide bonds. The van der Waals surface area contributed by atoms with Crippen molar-refractivity contribution in [1.29, 1.82) is 0 Å². The van der Waals surface area contributed by atoms with Gasteiger partial charge in [-0.2, -0.15) is 0 Å². The maximum atomic E-state index is 12.2. The number of benzene rings is 1. The van der Waals surface area contributed by atoms with E-state index in [4.69, 9.17) is 9.47 Å². The topological polar surface area (TPSA) is 47.6 Å². The van der Waals surface area contributed by atoms with Crippen LogP contribution in [0.25, 0.3) is 0 Å². The number of unbranched alkanes of at least 4 members (excludes halogenated alkanes) is 1. The molecule has 0 aromatic heterocycles.